The number of carbonyl (C=O) groups excluding carboxylic acids is 1. The summed E-state index contributed by atoms with van der Waals surface area (Å²) in [6, 6.07) is 8.27. The van der Waals surface area contributed by atoms with E-state index < -0.39 is 11.9 Å². The number of fused-ring (bicyclic) bond motifs is 1. The number of nitrogens with zero attached hydrogens (tertiary/aromatic N) is 2. The van der Waals surface area contributed by atoms with Crippen molar-refractivity contribution in [2.45, 2.75) is 46.3 Å². The second-order valence-corrected chi connectivity index (χ2v) is 8.35. The first kappa shape index (κ1) is 20.2. The zero-order valence-corrected chi connectivity index (χ0v) is 16.2. The predicted molar refractivity (Wildman–Crippen MR) is 103 cm³/mol. The average Bonchev–Trinajstić information content (AvgIpc) is 2.95. The maximum atomic E-state index is 12.6. The number of aromatic nitrogens is 1. The van der Waals surface area contributed by atoms with Crippen molar-refractivity contribution in [1.29, 1.82) is 0 Å². The zero-order valence-electron chi connectivity index (χ0n) is 16.2. The first-order chi connectivity index (χ1) is 13.0. The van der Waals surface area contributed by atoms with Crippen LogP contribution in [0, 0.1) is 5.41 Å². The van der Waals surface area contributed by atoms with Gasteiger partial charge >= 0.3 is 6.18 Å². The number of carbonyl (C=O) groups is 1. The van der Waals surface area contributed by atoms with Crippen LogP contribution in [-0.2, 0) is 23.9 Å². The standard InChI is InChI=1S/C21H24F3N3O/c1-20(2,3)11-19(28)26-16-5-6-17-15(10-16)8-9-27(17)13-14-4-7-18(25-12-14)21(22,23)24/h4-7,10,12H,8-9,11,13H2,1-3H3,(H,26,28). The molecule has 3 rings (SSSR count). The van der Waals surface area contributed by atoms with Crippen molar-refractivity contribution in [2.75, 3.05) is 16.8 Å². The number of anilines is 2. The topological polar surface area (TPSA) is 45.2 Å². The summed E-state index contributed by atoms with van der Waals surface area (Å²) in [4.78, 5) is 17.8. The fourth-order valence-corrected chi connectivity index (χ4v) is 3.31. The molecule has 0 fully saturated rings. The number of benzene rings is 1. The monoisotopic (exact) mass is 391 g/mol. The number of nitrogens with one attached hydrogen (secondary N) is 1. The lowest BCUT2D eigenvalue weighted by molar-refractivity contribution is -0.141. The number of halogens is 3. The van der Waals surface area contributed by atoms with Gasteiger partial charge in [0.15, 0.2) is 0 Å². The van der Waals surface area contributed by atoms with Crippen LogP contribution in [0.3, 0.4) is 0 Å². The van der Waals surface area contributed by atoms with Crippen molar-refractivity contribution < 1.29 is 18.0 Å². The average molecular weight is 391 g/mol. The van der Waals surface area contributed by atoms with Gasteiger partial charge in [0.05, 0.1) is 0 Å². The zero-order chi connectivity index (χ0) is 20.5. The third kappa shape index (κ3) is 5.03. The van der Waals surface area contributed by atoms with Crippen LogP contribution in [0.2, 0.25) is 0 Å². The van der Waals surface area contributed by atoms with Gasteiger partial charge in [0, 0.05) is 37.1 Å². The molecular weight excluding hydrogens is 367 g/mol. The van der Waals surface area contributed by atoms with E-state index in [2.05, 4.69) is 15.2 Å². The Hall–Kier alpha value is -2.57. The molecule has 150 valence electrons. The highest BCUT2D eigenvalue weighted by Gasteiger charge is 2.32. The minimum atomic E-state index is -4.42. The fourth-order valence-electron chi connectivity index (χ4n) is 3.31. The summed E-state index contributed by atoms with van der Waals surface area (Å²) in [5.74, 6) is -0.0156. The highest BCUT2D eigenvalue weighted by atomic mass is 19.4. The van der Waals surface area contributed by atoms with Gasteiger partial charge < -0.3 is 10.2 Å². The molecular formula is C21H24F3N3O. The lowest BCUT2D eigenvalue weighted by Gasteiger charge is -2.20. The van der Waals surface area contributed by atoms with Gasteiger partial charge in [-0.05, 0) is 47.2 Å². The molecule has 0 unspecified atom stereocenters. The summed E-state index contributed by atoms with van der Waals surface area (Å²) in [7, 11) is 0. The summed E-state index contributed by atoms with van der Waals surface area (Å²) in [6.07, 6.45) is -1.88. The van der Waals surface area contributed by atoms with E-state index in [0.29, 0.717) is 13.0 Å². The van der Waals surface area contributed by atoms with E-state index in [9.17, 15) is 18.0 Å². The van der Waals surface area contributed by atoms with Crippen molar-refractivity contribution >= 4 is 17.3 Å². The fraction of sp³-hybridized carbons (Fsp3) is 0.429. The van der Waals surface area contributed by atoms with Gasteiger partial charge in [0.2, 0.25) is 5.91 Å². The van der Waals surface area contributed by atoms with Gasteiger partial charge in [-0.15, -0.1) is 0 Å². The van der Waals surface area contributed by atoms with E-state index in [1.165, 1.54) is 12.3 Å². The van der Waals surface area contributed by atoms with Crippen LogP contribution in [0.5, 0.6) is 0 Å². The van der Waals surface area contributed by atoms with Gasteiger partial charge in [-0.2, -0.15) is 13.2 Å². The number of pyridine rings is 1. The van der Waals surface area contributed by atoms with Gasteiger partial charge in [-0.25, -0.2) is 0 Å². The number of rotatable bonds is 4. The van der Waals surface area contributed by atoms with E-state index in [0.717, 1.165) is 41.5 Å². The SMILES string of the molecule is CC(C)(C)CC(=O)Nc1ccc2c(c1)CCN2Cc1ccc(C(F)(F)F)nc1. The molecule has 1 aliphatic heterocycles. The molecule has 0 aliphatic carbocycles. The van der Waals surface area contributed by atoms with Crippen LogP contribution in [0.15, 0.2) is 36.5 Å². The molecule has 0 spiro atoms. The summed E-state index contributed by atoms with van der Waals surface area (Å²) < 4.78 is 37.9. The van der Waals surface area contributed by atoms with Crippen molar-refractivity contribution in [3.63, 3.8) is 0 Å². The first-order valence-corrected chi connectivity index (χ1v) is 9.21. The van der Waals surface area contributed by atoms with Crippen LogP contribution >= 0.6 is 0 Å². The number of hydrogen-bond acceptors (Lipinski definition) is 3. The Kier molecular flexibility index (Phi) is 5.37. The summed E-state index contributed by atoms with van der Waals surface area (Å²) in [5.41, 5.74) is 2.69. The molecule has 1 aromatic heterocycles. The molecule has 0 radical (unpaired) electrons. The van der Waals surface area contributed by atoms with E-state index in [-0.39, 0.29) is 11.3 Å². The van der Waals surface area contributed by atoms with Gasteiger partial charge in [-0.1, -0.05) is 26.8 Å². The molecule has 0 saturated heterocycles. The predicted octanol–water partition coefficient (Wildman–Crippen LogP) is 5.04. The Bertz CT molecular complexity index is 855. The van der Waals surface area contributed by atoms with E-state index in [1.54, 1.807) is 0 Å². The highest BCUT2D eigenvalue weighted by Crippen LogP contribution is 2.32. The lowest BCUT2D eigenvalue weighted by atomic mass is 9.92. The first-order valence-electron chi connectivity index (χ1n) is 9.21. The van der Waals surface area contributed by atoms with Crippen molar-refractivity contribution in [3.8, 4) is 0 Å². The van der Waals surface area contributed by atoms with Gasteiger partial charge in [-0.3, -0.25) is 9.78 Å². The molecule has 1 aliphatic rings. The molecule has 1 N–H and O–H groups in total. The molecule has 4 nitrogen and oxygen atoms in total. The third-order valence-corrected chi connectivity index (χ3v) is 4.53. The Morgan fingerprint density at radius 1 is 1.18 bits per heavy atom. The van der Waals surface area contributed by atoms with Crippen molar-refractivity contribution in [3.05, 3.63) is 53.3 Å². The normalized spacial score (nSPS) is 14.1. The molecule has 2 aromatic rings. The summed E-state index contributed by atoms with van der Waals surface area (Å²) in [5, 5.41) is 2.94. The molecule has 7 heteroatoms. The second-order valence-electron chi connectivity index (χ2n) is 8.35. The molecule has 28 heavy (non-hydrogen) atoms. The largest absolute Gasteiger partial charge is 0.433 e. The van der Waals surface area contributed by atoms with Crippen LogP contribution < -0.4 is 10.2 Å². The Morgan fingerprint density at radius 3 is 2.54 bits per heavy atom. The van der Waals surface area contributed by atoms with Crippen molar-refractivity contribution in [1.82, 2.24) is 4.98 Å². The van der Waals surface area contributed by atoms with E-state index in [4.69, 9.17) is 0 Å². The quantitative estimate of drug-likeness (QED) is 0.794. The summed E-state index contributed by atoms with van der Waals surface area (Å²) >= 11 is 0. The number of amides is 1. The third-order valence-electron chi connectivity index (χ3n) is 4.53. The minimum absolute atomic E-state index is 0.0156. The Balaban J connectivity index is 1.67. The molecule has 0 saturated carbocycles. The van der Waals surface area contributed by atoms with Crippen LogP contribution in [0.1, 0.15) is 44.0 Å². The van der Waals surface area contributed by atoms with E-state index in [1.807, 2.05) is 39.0 Å². The maximum Gasteiger partial charge on any atom is 0.433 e. The van der Waals surface area contributed by atoms with Crippen LogP contribution in [-0.4, -0.2) is 17.4 Å². The number of alkyl halides is 3. The molecule has 0 bridgehead atoms. The van der Waals surface area contributed by atoms with Crippen molar-refractivity contribution in [2.24, 2.45) is 5.41 Å². The van der Waals surface area contributed by atoms with Gasteiger partial charge in [0.25, 0.3) is 0 Å². The van der Waals surface area contributed by atoms with Crippen LogP contribution in [0.25, 0.3) is 0 Å². The smallest absolute Gasteiger partial charge is 0.367 e. The van der Waals surface area contributed by atoms with Crippen LogP contribution in [0.4, 0.5) is 24.5 Å². The number of hydrogen-bond donors (Lipinski definition) is 1. The molecule has 1 aromatic carbocycles. The Labute approximate surface area is 162 Å². The molecule has 1 amide bonds. The second kappa shape index (κ2) is 7.45. The summed E-state index contributed by atoms with van der Waals surface area (Å²) in [6.45, 7) is 7.32. The molecule has 0 atom stereocenters. The Morgan fingerprint density at radius 2 is 1.93 bits per heavy atom. The van der Waals surface area contributed by atoms with E-state index >= 15 is 0 Å². The lowest BCUT2D eigenvalue weighted by Crippen LogP contribution is -2.20. The van der Waals surface area contributed by atoms with Gasteiger partial charge in [0.1, 0.15) is 5.69 Å². The highest BCUT2D eigenvalue weighted by molar-refractivity contribution is 5.91. The molecule has 2 heterocycles. The minimum Gasteiger partial charge on any atom is -0.367 e. The maximum absolute atomic E-state index is 12.6.